The van der Waals surface area contributed by atoms with Crippen molar-refractivity contribution in [3.63, 3.8) is 0 Å². The summed E-state index contributed by atoms with van der Waals surface area (Å²) in [4.78, 5) is 24.9. The van der Waals surface area contributed by atoms with Crippen molar-refractivity contribution in [2.24, 2.45) is 11.8 Å². The summed E-state index contributed by atoms with van der Waals surface area (Å²) in [5, 5.41) is 21.5. The van der Waals surface area contributed by atoms with Gasteiger partial charge in [0.2, 0.25) is 0 Å². The molecule has 12 heteroatoms. The van der Waals surface area contributed by atoms with Gasteiger partial charge < -0.3 is 38.3 Å². The van der Waals surface area contributed by atoms with Crippen LogP contribution in [0.3, 0.4) is 0 Å². The van der Waals surface area contributed by atoms with Gasteiger partial charge in [0.15, 0.2) is 11.6 Å². The molecule has 10 nitrogen and oxygen atoms in total. The van der Waals surface area contributed by atoms with Gasteiger partial charge in [0.05, 0.1) is 48.3 Å². The average Bonchev–Trinajstić information content (AvgIpc) is 3.90. The number of rotatable bonds is 23. The molecule has 4 aromatic rings. The highest BCUT2D eigenvalue weighted by Gasteiger charge is 2.51. The highest BCUT2D eigenvalue weighted by molar-refractivity contribution is 6.99. The predicted molar refractivity (Wildman–Crippen MR) is 338 cm³/mol. The summed E-state index contributed by atoms with van der Waals surface area (Å²) in [6, 6.07) is 30.5. The third kappa shape index (κ3) is 19.3. The van der Waals surface area contributed by atoms with E-state index in [4.69, 9.17) is 28.1 Å². The molecule has 4 unspecified atom stereocenters. The maximum Gasteiger partial charge on any atom is 0.338 e. The van der Waals surface area contributed by atoms with E-state index in [1.165, 1.54) is 10.4 Å². The van der Waals surface area contributed by atoms with Crippen molar-refractivity contribution in [2.45, 2.75) is 208 Å². The average molecular weight is 1140 g/mol. The SMILES string of the molecule is Cc1cc(C)c(C(=O)O)c(/C=C/C[C@@H]2OC(C)(C)O[C@@H]2C(C)/C=C\CC(C)O)c1.Cc1cc(C)c(C(=O)OCC[Si](C)(C)C)c(/C=C/C[C@@H]2OC(C)(C)O[C@@H]2C(C)/C=C\CC(C)O[Si](c2ccccc2)(c2ccccc2)C(C)(C)C)c1. The summed E-state index contributed by atoms with van der Waals surface area (Å²) in [5.74, 6) is -2.26. The first kappa shape index (κ1) is 66.8. The van der Waals surface area contributed by atoms with E-state index >= 15 is 0 Å². The highest BCUT2D eigenvalue weighted by Crippen LogP contribution is 2.39. The van der Waals surface area contributed by atoms with E-state index in [9.17, 15) is 19.8 Å². The monoisotopic (exact) mass is 1140 g/mol. The molecule has 81 heavy (non-hydrogen) atoms. The van der Waals surface area contributed by atoms with E-state index < -0.39 is 33.9 Å². The number of carbonyl (C=O) groups excluding carboxylic acids is 1. The fourth-order valence-corrected chi connectivity index (χ4v) is 16.7. The lowest BCUT2D eigenvalue weighted by molar-refractivity contribution is -0.148. The molecule has 0 bridgehead atoms. The van der Waals surface area contributed by atoms with E-state index in [0.29, 0.717) is 42.6 Å². The fourth-order valence-electron chi connectivity index (χ4n) is 11.2. The Bertz CT molecular complexity index is 2760. The zero-order chi connectivity index (χ0) is 60.1. The normalized spacial score (nSPS) is 20.9. The summed E-state index contributed by atoms with van der Waals surface area (Å²) in [7, 11) is -3.94. The Morgan fingerprint density at radius 1 is 0.642 bits per heavy atom. The summed E-state index contributed by atoms with van der Waals surface area (Å²) in [6.45, 7) is 38.1. The van der Waals surface area contributed by atoms with Crippen LogP contribution in [0.25, 0.3) is 12.2 Å². The van der Waals surface area contributed by atoms with Gasteiger partial charge in [0.1, 0.15) is 0 Å². The standard InChI is InChI=1S/C45H64O5Si2.C24H34O5/c1-33-31-35(3)41(43(46)47-29-30-51(10,11)12)37(32-33)23-20-28-40-42(49-45(8,9)48-40)34(2)21-19-22-36(4)50-52(44(5,6)7,38-24-15-13-16-25-38)39-26-17-14-18-27-39;1-15-13-17(3)21(23(26)27)19(14-15)11-8-12-20-22(29-24(5,6)28-20)16(2)9-7-10-18(4)25/h13-21,23-27,31-32,34,36,40,42H,22,28-30H2,1-12H3;7-9,11,13-14,16,18,20,22,25H,10,12H2,1-6H3,(H,26,27)/b21-19-,23-20+;9-7-,11-8+/t34?,36?,40-,42+;16?,18?,20-,22+/m00/s1. The van der Waals surface area contributed by atoms with Crippen LogP contribution in [0.1, 0.15) is 156 Å². The molecule has 4 aromatic carbocycles. The highest BCUT2D eigenvalue weighted by atomic mass is 28.4. The Balaban J connectivity index is 0.000000350. The molecule has 2 aliphatic heterocycles. The molecule has 0 amide bonds. The zero-order valence-electron chi connectivity index (χ0n) is 52.2. The van der Waals surface area contributed by atoms with Gasteiger partial charge in [-0.2, -0.15) is 0 Å². The summed E-state index contributed by atoms with van der Waals surface area (Å²) in [6.07, 6.45) is 18.4. The van der Waals surface area contributed by atoms with Crippen molar-refractivity contribution in [3.05, 3.63) is 166 Å². The molecular weight excluding hydrogens is 1040 g/mol. The smallest absolute Gasteiger partial charge is 0.338 e. The minimum Gasteiger partial charge on any atom is -0.478 e. The van der Waals surface area contributed by atoms with Crippen LogP contribution in [0.2, 0.25) is 30.7 Å². The molecule has 0 aromatic heterocycles. The van der Waals surface area contributed by atoms with Gasteiger partial charge in [-0.1, -0.05) is 199 Å². The third-order valence-electron chi connectivity index (χ3n) is 15.0. The largest absolute Gasteiger partial charge is 0.478 e. The number of carbonyl (C=O) groups is 2. The Morgan fingerprint density at radius 2 is 1.07 bits per heavy atom. The van der Waals surface area contributed by atoms with E-state index in [1.807, 2.05) is 91.0 Å². The maximum absolute atomic E-state index is 13.2. The zero-order valence-corrected chi connectivity index (χ0v) is 54.2. The number of aromatic carboxylic acids is 1. The summed E-state index contributed by atoms with van der Waals surface area (Å²) in [5.41, 5.74) is 6.40. The van der Waals surface area contributed by atoms with Crippen LogP contribution < -0.4 is 10.4 Å². The molecule has 0 spiro atoms. The second kappa shape index (κ2) is 29.0. The molecule has 0 aliphatic carbocycles. The number of hydrogen-bond donors (Lipinski definition) is 2. The molecule has 6 rings (SSSR count). The predicted octanol–water partition coefficient (Wildman–Crippen LogP) is 15.2. The van der Waals surface area contributed by atoms with Crippen LogP contribution in [-0.4, -0.2) is 93.3 Å². The van der Waals surface area contributed by atoms with Gasteiger partial charge >= 0.3 is 11.9 Å². The number of esters is 1. The van der Waals surface area contributed by atoms with Crippen LogP contribution >= 0.6 is 0 Å². The molecule has 8 atom stereocenters. The van der Waals surface area contributed by atoms with Crippen molar-refractivity contribution in [2.75, 3.05) is 6.61 Å². The van der Waals surface area contributed by atoms with Crippen molar-refractivity contribution in [1.82, 2.24) is 0 Å². The van der Waals surface area contributed by atoms with Crippen LogP contribution in [0.15, 0.2) is 121 Å². The Morgan fingerprint density at radius 3 is 1.49 bits per heavy atom. The molecular formula is C69H98O10Si2. The summed E-state index contributed by atoms with van der Waals surface area (Å²) >= 11 is 0. The van der Waals surface area contributed by atoms with Gasteiger partial charge in [-0.05, 0) is 139 Å². The van der Waals surface area contributed by atoms with Crippen LogP contribution in [0, 0.1) is 39.5 Å². The topological polar surface area (TPSA) is 130 Å². The Hall–Kier alpha value is -5.03. The number of aliphatic hydroxyl groups excluding tert-OH is 1. The first-order valence-electron chi connectivity index (χ1n) is 29.3. The number of hydrogen-bond acceptors (Lipinski definition) is 9. The summed E-state index contributed by atoms with van der Waals surface area (Å²) < 4.78 is 38.2. The Kier molecular flexibility index (Phi) is 23.9. The first-order valence-corrected chi connectivity index (χ1v) is 34.9. The lowest BCUT2D eigenvalue weighted by Gasteiger charge is -2.44. The minimum atomic E-state index is -2.63. The second-order valence-electron chi connectivity index (χ2n) is 25.9. The fraction of sp³-hybridized carbons (Fsp3) is 0.507. The third-order valence-corrected chi connectivity index (χ3v) is 21.8. The lowest BCUT2D eigenvalue weighted by Crippen LogP contribution is -2.67. The van der Waals surface area contributed by atoms with Gasteiger partial charge in [-0.3, -0.25) is 0 Å². The maximum atomic E-state index is 13.2. The van der Waals surface area contributed by atoms with Crippen molar-refractivity contribution in [1.29, 1.82) is 0 Å². The Labute approximate surface area is 489 Å². The van der Waals surface area contributed by atoms with E-state index in [-0.39, 0.29) is 59.5 Å². The first-order chi connectivity index (χ1) is 37.8. The number of carboxylic acids is 1. The number of aliphatic hydroxyl groups is 1. The van der Waals surface area contributed by atoms with Gasteiger partial charge in [0, 0.05) is 26.0 Å². The lowest BCUT2D eigenvalue weighted by atomic mass is 9.95. The molecule has 2 heterocycles. The molecule has 2 aliphatic rings. The number of aryl methyl sites for hydroxylation is 4. The number of carboxylic acid groups (broad SMARTS) is 1. The van der Waals surface area contributed by atoms with Gasteiger partial charge in [-0.25, -0.2) is 9.59 Å². The molecule has 2 saturated heterocycles. The number of ether oxygens (including phenoxy) is 5. The molecule has 0 radical (unpaired) electrons. The molecule has 2 fully saturated rings. The van der Waals surface area contributed by atoms with Crippen molar-refractivity contribution in [3.8, 4) is 0 Å². The van der Waals surface area contributed by atoms with Crippen LogP contribution in [0.4, 0.5) is 0 Å². The van der Waals surface area contributed by atoms with Crippen molar-refractivity contribution < 1.29 is 47.9 Å². The molecule has 2 N–H and O–H groups in total. The van der Waals surface area contributed by atoms with E-state index in [0.717, 1.165) is 40.3 Å². The van der Waals surface area contributed by atoms with Gasteiger partial charge in [-0.15, -0.1) is 0 Å². The van der Waals surface area contributed by atoms with E-state index in [1.54, 1.807) is 6.92 Å². The quantitative estimate of drug-likeness (QED) is 0.0421. The van der Waals surface area contributed by atoms with Crippen molar-refractivity contribution >= 4 is 50.9 Å². The van der Waals surface area contributed by atoms with Crippen LogP contribution in [0.5, 0.6) is 0 Å². The molecule has 0 saturated carbocycles. The second-order valence-corrected chi connectivity index (χ2v) is 35.8. The number of benzene rings is 4. The van der Waals surface area contributed by atoms with Crippen LogP contribution in [-0.2, 0) is 28.1 Å². The molecule has 442 valence electrons. The van der Waals surface area contributed by atoms with E-state index in [2.05, 4.69) is 159 Å². The van der Waals surface area contributed by atoms with Gasteiger partial charge in [0.25, 0.3) is 8.32 Å². The minimum absolute atomic E-state index is 0.0138.